The third-order valence-corrected chi connectivity index (χ3v) is 4.31. The summed E-state index contributed by atoms with van der Waals surface area (Å²) >= 11 is 1.64. The smallest absolute Gasteiger partial charge is 0.251 e. The minimum Gasteiger partial charge on any atom is -0.361 e. The number of thiazole rings is 1. The highest BCUT2D eigenvalue weighted by atomic mass is 32.1. The van der Waals surface area contributed by atoms with E-state index in [2.05, 4.69) is 22.2 Å². The zero-order chi connectivity index (χ0) is 13.9. The Kier molecular flexibility index (Phi) is 3.52. The molecule has 0 bridgehead atoms. The van der Waals surface area contributed by atoms with Crippen LogP contribution < -0.4 is 5.32 Å². The van der Waals surface area contributed by atoms with Crippen LogP contribution in [0.5, 0.6) is 0 Å². The Morgan fingerprint density at radius 3 is 3.10 bits per heavy atom. The highest BCUT2D eigenvalue weighted by molar-refractivity contribution is 7.11. The molecule has 0 saturated heterocycles. The van der Waals surface area contributed by atoms with Crippen LogP contribution in [-0.2, 0) is 13.0 Å². The summed E-state index contributed by atoms with van der Waals surface area (Å²) in [5.41, 5.74) is 1.63. The third-order valence-electron chi connectivity index (χ3n) is 3.17. The molecule has 0 saturated carbocycles. The summed E-state index contributed by atoms with van der Waals surface area (Å²) in [5, 5.41) is 4.95. The molecule has 3 rings (SSSR count). The van der Waals surface area contributed by atoms with Crippen LogP contribution >= 0.6 is 11.3 Å². The van der Waals surface area contributed by atoms with Crippen molar-refractivity contribution in [1.29, 1.82) is 0 Å². The van der Waals surface area contributed by atoms with Crippen molar-refractivity contribution in [1.82, 2.24) is 15.3 Å². The number of nitrogens with one attached hydrogen (secondary N) is 2. The van der Waals surface area contributed by atoms with Gasteiger partial charge >= 0.3 is 0 Å². The molecule has 0 atom stereocenters. The second kappa shape index (κ2) is 5.46. The van der Waals surface area contributed by atoms with Gasteiger partial charge in [-0.1, -0.05) is 13.0 Å². The van der Waals surface area contributed by atoms with Crippen LogP contribution in [0.25, 0.3) is 10.9 Å². The number of hydrogen-bond acceptors (Lipinski definition) is 3. The van der Waals surface area contributed by atoms with Crippen molar-refractivity contribution >= 4 is 28.1 Å². The SMILES string of the molecule is CCc1cnc(CNC(=O)c2ccc3cc[nH]c3c2)s1. The molecule has 2 N–H and O–H groups in total. The summed E-state index contributed by atoms with van der Waals surface area (Å²) in [6.07, 6.45) is 4.72. The molecular formula is C15H15N3OS. The van der Waals surface area contributed by atoms with E-state index in [1.807, 2.05) is 36.7 Å². The summed E-state index contributed by atoms with van der Waals surface area (Å²) in [5.74, 6) is -0.0743. The second-order valence-corrected chi connectivity index (χ2v) is 5.74. The lowest BCUT2D eigenvalue weighted by atomic mass is 10.1. The zero-order valence-electron chi connectivity index (χ0n) is 11.1. The maximum atomic E-state index is 12.1. The molecule has 0 radical (unpaired) electrons. The maximum absolute atomic E-state index is 12.1. The summed E-state index contributed by atoms with van der Waals surface area (Å²) < 4.78 is 0. The largest absolute Gasteiger partial charge is 0.361 e. The van der Waals surface area contributed by atoms with Gasteiger partial charge in [-0.25, -0.2) is 4.98 Å². The molecule has 0 unspecified atom stereocenters. The average Bonchev–Trinajstić information content (AvgIpc) is 3.12. The molecule has 0 aliphatic carbocycles. The molecule has 4 nitrogen and oxygen atoms in total. The molecular weight excluding hydrogens is 270 g/mol. The highest BCUT2D eigenvalue weighted by Gasteiger charge is 2.08. The molecule has 20 heavy (non-hydrogen) atoms. The lowest BCUT2D eigenvalue weighted by Gasteiger charge is -2.03. The van der Waals surface area contributed by atoms with Gasteiger partial charge in [-0.2, -0.15) is 0 Å². The number of amides is 1. The van der Waals surface area contributed by atoms with Gasteiger partial charge in [-0.3, -0.25) is 4.79 Å². The van der Waals surface area contributed by atoms with Crippen LogP contribution in [0.4, 0.5) is 0 Å². The van der Waals surface area contributed by atoms with E-state index in [1.54, 1.807) is 11.3 Å². The van der Waals surface area contributed by atoms with Crippen LogP contribution in [0, 0.1) is 0 Å². The van der Waals surface area contributed by atoms with Gasteiger partial charge < -0.3 is 10.3 Å². The van der Waals surface area contributed by atoms with E-state index in [-0.39, 0.29) is 5.91 Å². The Labute approximate surface area is 120 Å². The molecule has 0 aliphatic rings. The number of H-pyrrole nitrogens is 1. The van der Waals surface area contributed by atoms with Crippen LogP contribution in [0.2, 0.25) is 0 Å². The summed E-state index contributed by atoms with van der Waals surface area (Å²) in [6.45, 7) is 2.58. The van der Waals surface area contributed by atoms with Crippen LogP contribution in [0.3, 0.4) is 0 Å². The Bertz CT molecular complexity index is 744. The molecule has 0 spiro atoms. The molecule has 2 heterocycles. The number of carbonyl (C=O) groups excluding carboxylic acids is 1. The molecule has 1 aromatic carbocycles. The van der Waals surface area contributed by atoms with E-state index in [9.17, 15) is 4.79 Å². The number of aromatic amines is 1. The van der Waals surface area contributed by atoms with Crippen molar-refractivity contribution in [2.24, 2.45) is 0 Å². The van der Waals surface area contributed by atoms with Crippen molar-refractivity contribution in [3.63, 3.8) is 0 Å². The lowest BCUT2D eigenvalue weighted by molar-refractivity contribution is 0.0951. The first kappa shape index (κ1) is 12.9. The standard InChI is InChI=1S/C15H15N3OS/c1-2-12-8-17-14(20-12)9-18-15(19)11-4-3-10-5-6-16-13(10)7-11/h3-8,16H,2,9H2,1H3,(H,18,19). The van der Waals surface area contributed by atoms with Crippen LogP contribution in [0.15, 0.2) is 36.7 Å². The van der Waals surface area contributed by atoms with Gasteiger partial charge in [0.2, 0.25) is 0 Å². The normalized spacial score (nSPS) is 10.8. The van der Waals surface area contributed by atoms with E-state index in [0.717, 1.165) is 22.3 Å². The molecule has 3 aromatic rings. The fourth-order valence-electron chi connectivity index (χ4n) is 2.04. The first-order chi connectivity index (χ1) is 9.76. The Hall–Kier alpha value is -2.14. The number of hydrogen-bond donors (Lipinski definition) is 2. The topological polar surface area (TPSA) is 57.8 Å². The number of fused-ring (bicyclic) bond motifs is 1. The van der Waals surface area contributed by atoms with Crippen LogP contribution in [0.1, 0.15) is 27.2 Å². The molecule has 0 fully saturated rings. The van der Waals surface area contributed by atoms with E-state index in [0.29, 0.717) is 12.1 Å². The minimum absolute atomic E-state index is 0.0743. The van der Waals surface area contributed by atoms with Gasteiger partial charge in [-0.15, -0.1) is 11.3 Å². The summed E-state index contributed by atoms with van der Waals surface area (Å²) in [6, 6.07) is 7.63. The van der Waals surface area contributed by atoms with Crippen molar-refractivity contribution in [2.45, 2.75) is 19.9 Å². The van der Waals surface area contributed by atoms with Gasteiger partial charge in [0.15, 0.2) is 0 Å². The summed E-state index contributed by atoms with van der Waals surface area (Å²) in [4.78, 5) is 20.8. The number of carbonyl (C=O) groups is 1. The highest BCUT2D eigenvalue weighted by Crippen LogP contribution is 2.15. The Morgan fingerprint density at radius 2 is 2.30 bits per heavy atom. The fourth-order valence-corrected chi connectivity index (χ4v) is 2.84. The summed E-state index contributed by atoms with van der Waals surface area (Å²) in [7, 11) is 0. The van der Waals surface area contributed by atoms with Gasteiger partial charge in [0.1, 0.15) is 5.01 Å². The van der Waals surface area contributed by atoms with Gasteiger partial charge in [0.05, 0.1) is 6.54 Å². The van der Waals surface area contributed by atoms with E-state index < -0.39 is 0 Å². The van der Waals surface area contributed by atoms with Crippen molar-refractivity contribution in [2.75, 3.05) is 0 Å². The number of rotatable bonds is 4. The third kappa shape index (κ3) is 2.58. The predicted octanol–water partition coefficient (Wildman–Crippen LogP) is 3.12. The number of aromatic nitrogens is 2. The zero-order valence-corrected chi connectivity index (χ0v) is 12.0. The maximum Gasteiger partial charge on any atom is 0.251 e. The Morgan fingerprint density at radius 1 is 1.40 bits per heavy atom. The molecule has 102 valence electrons. The number of benzene rings is 1. The van der Waals surface area contributed by atoms with E-state index in [1.165, 1.54) is 4.88 Å². The van der Waals surface area contributed by atoms with Crippen LogP contribution in [-0.4, -0.2) is 15.9 Å². The number of aryl methyl sites for hydroxylation is 1. The van der Waals surface area contributed by atoms with Gasteiger partial charge in [0.25, 0.3) is 5.91 Å². The van der Waals surface area contributed by atoms with E-state index in [4.69, 9.17) is 0 Å². The molecule has 0 aliphatic heterocycles. The van der Waals surface area contributed by atoms with Gasteiger partial charge in [0, 0.05) is 28.4 Å². The monoisotopic (exact) mass is 285 g/mol. The lowest BCUT2D eigenvalue weighted by Crippen LogP contribution is -2.22. The first-order valence-corrected chi connectivity index (χ1v) is 7.37. The quantitative estimate of drug-likeness (QED) is 0.774. The fraction of sp³-hybridized carbons (Fsp3) is 0.200. The molecule has 2 aromatic heterocycles. The Balaban J connectivity index is 1.69. The van der Waals surface area contributed by atoms with Crippen molar-refractivity contribution in [3.05, 3.63) is 52.1 Å². The first-order valence-electron chi connectivity index (χ1n) is 6.55. The predicted molar refractivity (Wildman–Crippen MR) is 81.0 cm³/mol. The number of nitrogens with zero attached hydrogens (tertiary/aromatic N) is 1. The molecule has 5 heteroatoms. The van der Waals surface area contributed by atoms with Crippen molar-refractivity contribution in [3.8, 4) is 0 Å². The molecule has 1 amide bonds. The second-order valence-electron chi connectivity index (χ2n) is 4.54. The average molecular weight is 285 g/mol. The minimum atomic E-state index is -0.0743. The van der Waals surface area contributed by atoms with Gasteiger partial charge in [-0.05, 0) is 30.0 Å². The van der Waals surface area contributed by atoms with Crippen molar-refractivity contribution < 1.29 is 4.79 Å². The van der Waals surface area contributed by atoms with E-state index >= 15 is 0 Å².